The number of nitrogens with two attached hydrogens (primary N) is 1. The third kappa shape index (κ3) is 4.43. The summed E-state index contributed by atoms with van der Waals surface area (Å²) in [5, 5.41) is 9.84. The number of phenolic OH excluding ortho intramolecular Hbond substituents is 1. The molecule has 1 atom stereocenters. The van der Waals surface area contributed by atoms with Crippen molar-refractivity contribution in [1.82, 2.24) is 9.88 Å². The number of guanidine groups is 1. The van der Waals surface area contributed by atoms with Gasteiger partial charge in [0, 0.05) is 26.0 Å². The molecule has 1 aromatic heterocycles. The van der Waals surface area contributed by atoms with Crippen LogP contribution >= 0.6 is 0 Å². The number of aldehydes is 1. The summed E-state index contributed by atoms with van der Waals surface area (Å²) in [6, 6.07) is 18.7. The summed E-state index contributed by atoms with van der Waals surface area (Å²) in [4.78, 5) is 23.3. The van der Waals surface area contributed by atoms with E-state index in [1.807, 2.05) is 54.4 Å². The van der Waals surface area contributed by atoms with E-state index in [4.69, 9.17) is 10.7 Å². The van der Waals surface area contributed by atoms with Gasteiger partial charge in [0.1, 0.15) is 11.3 Å². The van der Waals surface area contributed by atoms with E-state index in [0.717, 1.165) is 41.4 Å². The van der Waals surface area contributed by atoms with Crippen molar-refractivity contribution >= 4 is 12.2 Å². The van der Waals surface area contributed by atoms with Crippen LogP contribution in [0.4, 0.5) is 0 Å². The Morgan fingerprint density at radius 2 is 1.94 bits per heavy atom. The molecule has 1 heterocycles. The molecule has 2 aromatic carbocycles. The number of carbonyl (C=O) groups is 1. The fourth-order valence-electron chi connectivity index (χ4n) is 3.86. The molecule has 3 aromatic rings. The van der Waals surface area contributed by atoms with Gasteiger partial charge in [0.2, 0.25) is 0 Å². The molecular weight excluding hydrogens is 388 g/mol. The zero-order valence-electron chi connectivity index (χ0n) is 17.5. The normalized spacial score (nSPS) is 15.8. The highest BCUT2D eigenvalue weighted by Crippen LogP contribution is 2.48. The lowest BCUT2D eigenvalue weighted by Gasteiger charge is -2.28. The fourth-order valence-corrected chi connectivity index (χ4v) is 3.86. The second kappa shape index (κ2) is 8.60. The Balaban J connectivity index is 1.69. The van der Waals surface area contributed by atoms with E-state index >= 15 is 0 Å². The number of aromatic hydroxyl groups is 1. The Hall–Kier alpha value is -3.67. The second-order valence-electron chi connectivity index (χ2n) is 8.04. The maximum absolute atomic E-state index is 12.5. The smallest absolute Gasteiger partial charge is 0.192 e. The first kappa shape index (κ1) is 20.6. The summed E-state index contributed by atoms with van der Waals surface area (Å²) in [5.41, 5.74) is 8.95. The molecule has 158 valence electrons. The number of carbonyl (C=O) groups excluding carboxylic acids is 1. The summed E-state index contributed by atoms with van der Waals surface area (Å²) in [5.74, 6) is 0.631. The lowest BCUT2D eigenvalue weighted by molar-refractivity contribution is -0.113. The van der Waals surface area contributed by atoms with Gasteiger partial charge in [-0.25, -0.2) is 4.99 Å². The van der Waals surface area contributed by atoms with E-state index in [0.29, 0.717) is 12.5 Å². The van der Waals surface area contributed by atoms with Crippen LogP contribution in [0.3, 0.4) is 0 Å². The third-order valence-electron chi connectivity index (χ3n) is 5.72. The minimum absolute atomic E-state index is 0.120. The predicted molar refractivity (Wildman–Crippen MR) is 121 cm³/mol. The topological polar surface area (TPSA) is 91.8 Å². The van der Waals surface area contributed by atoms with Gasteiger partial charge in [0.15, 0.2) is 12.2 Å². The van der Waals surface area contributed by atoms with Crippen LogP contribution in [0.1, 0.15) is 24.0 Å². The number of nitrogens with zero attached hydrogens (tertiary/aromatic N) is 3. The summed E-state index contributed by atoms with van der Waals surface area (Å²) in [6.07, 6.45) is 6.30. The first-order valence-corrected chi connectivity index (χ1v) is 10.3. The molecule has 0 radical (unpaired) electrons. The minimum atomic E-state index is -1.03. The van der Waals surface area contributed by atoms with E-state index in [1.54, 1.807) is 30.6 Å². The lowest BCUT2D eigenvalue weighted by atomic mass is 9.85. The number of phenols is 1. The second-order valence-corrected chi connectivity index (χ2v) is 8.04. The highest BCUT2D eigenvalue weighted by Gasteiger charge is 2.47. The predicted octanol–water partition coefficient (Wildman–Crippen LogP) is 3.71. The molecular formula is C25H26N4O2. The van der Waals surface area contributed by atoms with Gasteiger partial charge < -0.3 is 20.5 Å². The Morgan fingerprint density at radius 3 is 2.58 bits per heavy atom. The van der Waals surface area contributed by atoms with Crippen molar-refractivity contribution in [2.24, 2.45) is 16.6 Å². The van der Waals surface area contributed by atoms with Crippen LogP contribution in [-0.2, 0) is 16.9 Å². The van der Waals surface area contributed by atoms with Gasteiger partial charge in [0.25, 0.3) is 0 Å². The van der Waals surface area contributed by atoms with Crippen molar-refractivity contribution in [1.29, 1.82) is 0 Å². The highest BCUT2D eigenvalue weighted by molar-refractivity contribution is 5.83. The average Bonchev–Trinajstić information content (AvgIpc) is 3.64. The van der Waals surface area contributed by atoms with Gasteiger partial charge in [-0.05, 0) is 65.3 Å². The van der Waals surface area contributed by atoms with Gasteiger partial charge in [0.05, 0.1) is 0 Å². The van der Waals surface area contributed by atoms with E-state index in [-0.39, 0.29) is 11.7 Å². The average molecular weight is 415 g/mol. The standard InChI is InChI=1S/C25H26N4O2/c1-29(16-18-5-4-12-27-15-18)24(26)28-25(17-30,21-10-11-21)22-8-2-6-19(13-22)20-7-3-9-23(31)14-20/h2-9,12-15,17,21,31H,10-11,16H2,1H3,(H2,26,28). The summed E-state index contributed by atoms with van der Waals surface area (Å²) >= 11 is 0. The Bertz CT molecular complexity index is 1100. The van der Waals surface area contributed by atoms with Crippen molar-refractivity contribution in [3.8, 4) is 16.9 Å². The largest absolute Gasteiger partial charge is 0.508 e. The SMILES string of the molecule is CN(Cc1cccnc1)C(N)=NC(C=O)(c1cccc(-c2cccc(O)c2)c1)C1CC1. The monoisotopic (exact) mass is 414 g/mol. The van der Waals surface area contributed by atoms with Gasteiger partial charge >= 0.3 is 0 Å². The molecule has 31 heavy (non-hydrogen) atoms. The van der Waals surface area contributed by atoms with E-state index in [2.05, 4.69) is 4.98 Å². The van der Waals surface area contributed by atoms with E-state index in [1.165, 1.54) is 0 Å². The molecule has 0 amide bonds. The maximum atomic E-state index is 12.5. The van der Waals surface area contributed by atoms with Gasteiger partial charge in [-0.2, -0.15) is 0 Å². The van der Waals surface area contributed by atoms with Crippen molar-refractivity contribution in [2.45, 2.75) is 24.9 Å². The van der Waals surface area contributed by atoms with Crippen LogP contribution in [-0.4, -0.2) is 34.3 Å². The molecule has 0 spiro atoms. The Kier molecular flexibility index (Phi) is 5.71. The van der Waals surface area contributed by atoms with Crippen LogP contribution in [0.15, 0.2) is 78.0 Å². The van der Waals surface area contributed by atoms with Gasteiger partial charge in [-0.15, -0.1) is 0 Å². The molecule has 0 saturated heterocycles. The van der Waals surface area contributed by atoms with Crippen molar-refractivity contribution in [3.05, 3.63) is 84.2 Å². The summed E-state index contributed by atoms with van der Waals surface area (Å²) < 4.78 is 0. The molecule has 0 aliphatic heterocycles. The lowest BCUT2D eigenvalue weighted by Crippen LogP contribution is -2.39. The molecule has 0 bridgehead atoms. The Labute approximate surface area is 182 Å². The molecule has 1 unspecified atom stereocenters. The van der Waals surface area contributed by atoms with E-state index in [9.17, 15) is 9.90 Å². The number of hydrogen-bond donors (Lipinski definition) is 2. The molecule has 1 aliphatic carbocycles. The minimum Gasteiger partial charge on any atom is -0.508 e. The summed E-state index contributed by atoms with van der Waals surface area (Å²) in [6.45, 7) is 0.548. The molecule has 3 N–H and O–H groups in total. The van der Waals surface area contributed by atoms with Gasteiger partial charge in [-0.1, -0.05) is 36.4 Å². The molecule has 6 heteroatoms. The van der Waals surface area contributed by atoms with Crippen molar-refractivity contribution < 1.29 is 9.90 Å². The van der Waals surface area contributed by atoms with Crippen LogP contribution in [0.2, 0.25) is 0 Å². The number of pyridine rings is 1. The Morgan fingerprint density at radius 1 is 1.19 bits per heavy atom. The number of benzene rings is 2. The highest BCUT2D eigenvalue weighted by atomic mass is 16.3. The first-order valence-electron chi connectivity index (χ1n) is 10.3. The molecule has 1 fully saturated rings. The summed E-state index contributed by atoms with van der Waals surface area (Å²) in [7, 11) is 1.86. The molecule has 1 aliphatic rings. The van der Waals surface area contributed by atoms with Crippen molar-refractivity contribution in [3.63, 3.8) is 0 Å². The molecule has 6 nitrogen and oxygen atoms in total. The fraction of sp³-hybridized carbons (Fsp3) is 0.240. The number of hydrogen-bond acceptors (Lipinski definition) is 4. The van der Waals surface area contributed by atoms with Crippen LogP contribution < -0.4 is 5.73 Å². The molecule has 1 saturated carbocycles. The van der Waals surface area contributed by atoms with Crippen LogP contribution in [0, 0.1) is 5.92 Å². The first-order chi connectivity index (χ1) is 15.0. The number of aromatic nitrogens is 1. The quantitative estimate of drug-likeness (QED) is 0.349. The molecule has 4 rings (SSSR count). The number of rotatable bonds is 7. The van der Waals surface area contributed by atoms with Crippen LogP contribution in [0.25, 0.3) is 11.1 Å². The number of aliphatic imine (C=N–C) groups is 1. The van der Waals surface area contributed by atoms with Gasteiger partial charge in [-0.3, -0.25) is 4.98 Å². The zero-order valence-corrected chi connectivity index (χ0v) is 17.5. The zero-order chi connectivity index (χ0) is 21.8. The van der Waals surface area contributed by atoms with E-state index < -0.39 is 5.54 Å². The van der Waals surface area contributed by atoms with Crippen LogP contribution in [0.5, 0.6) is 5.75 Å². The third-order valence-corrected chi connectivity index (χ3v) is 5.72. The van der Waals surface area contributed by atoms with Crippen molar-refractivity contribution in [2.75, 3.05) is 7.05 Å². The maximum Gasteiger partial charge on any atom is 0.192 e.